The zero-order valence-corrected chi connectivity index (χ0v) is 21.3. The molecule has 0 radical (unpaired) electrons. The summed E-state index contributed by atoms with van der Waals surface area (Å²) < 4.78 is 8.12. The standard InChI is InChI=1S/C27H38N6O2/c1-4-8-25(26-29-30-31-33(26)22-9-5-6-10-22)32(17-23-11-7-12-35-23)16-21-15-20-13-18(2)19(3)14-24(20)28-27(21)34/h13-15,22-23,25H,4-12,16-17H2,1-3H3,(H,28,34)/t23-,25+/m0/s1. The maximum atomic E-state index is 13.2. The highest BCUT2D eigenvalue weighted by Crippen LogP contribution is 2.34. The lowest BCUT2D eigenvalue weighted by Crippen LogP contribution is -2.38. The first kappa shape index (κ1) is 24.1. The molecule has 35 heavy (non-hydrogen) atoms. The number of aryl methyl sites for hydroxylation is 2. The number of fused-ring (bicyclic) bond motifs is 1. The number of pyridine rings is 1. The van der Waals surface area contributed by atoms with Crippen molar-refractivity contribution in [2.75, 3.05) is 13.2 Å². The molecule has 3 heterocycles. The van der Waals surface area contributed by atoms with Gasteiger partial charge in [0.1, 0.15) is 0 Å². The highest BCUT2D eigenvalue weighted by Gasteiger charge is 2.32. The van der Waals surface area contributed by atoms with E-state index < -0.39 is 0 Å². The zero-order chi connectivity index (χ0) is 24.4. The smallest absolute Gasteiger partial charge is 0.252 e. The lowest BCUT2D eigenvalue weighted by molar-refractivity contribution is 0.0471. The first-order valence-electron chi connectivity index (χ1n) is 13.3. The van der Waals surface area contributed by atoms with Gasteiger partial charge in [-0.2, -0.15) is 0 Å². The fourth-order valence-electron chi connectivity index (χ4n) is 5.79. The molecule has 188 valence electrons. The molecule has 3 aromatic rings. The number of benzene rings is 1. The number of H-pyrrole nitrogens is 1. The van der Waals surface area contributed by atoms with Crippen LogP contribution in [0.15, 0.2) is 23.0 Å². The third-order valence-corrected chi connectivity index (χ3v) is 7.86. The third kappa shape index (κ3) is 5.19. The fourth-order valence-corrected chi connectivity index (χ4v) is 5.79. The van der Waals surface area contributed by atoms with Crippen molar-refractivity contribution in [3.63, 3.8) is 0 Å². The molecule has 1 saturated heterocycles. The van der Waals surface area contributed by atoms with Crippen LogP contribution in [0.1, 0.15) is 92.9 Å². The largest absolute Gasteiger partial charge is 0.377 e. The van der Waals surface area contributed by atoms with E-state index in [4.69, 9.17) is 4.74 Å². The molecule has 1 aromatic carbocycles. The van der Waals surface area contributed by atoms with Crippen LogP contribution in [0.4, 0.5) is 0 Å². The van der Waals surface area contributed by atoms with Gasteiger partial charge in [-0.1, -0.05) is 26.2 Å². The van der Waals surface area contributed by atoms with Crippen molar-refractivity contribution in [3.8, 4) is 0 Å². The minimum absolute atomic E-state index is 0.0243. The number of nitrogens with one attached hydrogen (secondary N) is 1. The maximum absolute atomic E-state index is 13.2. The van der Waals surface area contributed by atoms with E-state index in [1.165, 1.54) is 24.0 Å². The second kappa shape index (κ2) is 10.6. The van der Waals surface area contributed by atoms with Crippen LogP contribution >= 0.6 is 0 Å². The summed E-state index contributed by atoms with van der Waals surface area (Å²) in [6.45, 7) is 8.52. The van der Waals surface area contributed by atoms with E-state index in [0.29, 0.717) is 12.6 Å². The minimum Gasteiger partial charge on any atom is -0.377 e. The van der Waals surface area contributed by atoms with Gasteiger partial charge in [0.05, 0.1) is 18.2 Å². The molecular formula is C27H38N6O2. The summed E-state index contributed by atoms with van der Waals surface area (Å²) in [6, 6.07) is 6.70. The normalized spacial score (nSPS) is 19.8. The van der Waals surface area contributed by atoms with Gasteiger partial charge in [0.25, 0.3) is 5.56 Å². The highest BCUT2D eigenvalue weighted by molar-refractivity contribution is 5.80. The predicted molar refractivity (Wildman–Crippen MR) is 136 cm³/mol. The van der Waals surface area contributed by atoms with Crippen molar-refractivity contribution in [2.24, 2.45) is 0 Å². The van der Waals surface area contributed by atoms with Crippen LogP contribution in [0, 0.1) is 13.8 Å². The van der Waals surface area contributed by atoms with E-state index in [1.807, 2.05) is 0 Å². The summed E-state index contributed by atoms with van der Waals surface area (Å²) in [6.07, 6.45) is 8.98. The van der Waals surface area contributed by atoms with E-state index >= 15 is 0 Å². The van der Waals surface area contributed by atoms with E-state index in [0.717, 1.165) is 74.0 Å². The first-order valence-corrected chi connectivity index (χ1v) is 13.3. The number of hydrogen-bond donors (Lipinski definition) is 1. The third-order valence-electron chi connectivity index (χ3n) is 7.86. The second-order valence-electron chi connectivity index (χ2n) is 10.4. The summed E-state index contributed by atoms with van der Waals surface area (Å²) in [5.74, 6) is 0.931. The summed E-state index contributed by atoms with van der Waals surface area (Å²) in [4.78, 5) is 18.7. The van der Waals surface area contributed by atoms with Gasteiger partial charge in [-0.25, -0.2) is 4.68 Å². The van der Waals surface area contributed by atoms with Crippen molar-refractivity contribution in [2.45, 2.75) is 96.9 Å². The highest BCUT2D eigenvalue weighted by atomic mass is 16.5. The van der Waals surface area contributed by atoms with Crippen molar-refractivity contribution < 1.29 is 4.74 Å². The number of tetrazole rings is 1. The predicted octanol–water partition coefficient (Wildman–Crippen LogP) is 4.77. The number of aromatic nitrogens is 5. The SMILES string of the molecule is CCC[C@H](c1nnnn1C1CCCC1)N(Cc1cc2cc(C)c(C)cc2[nH]c1=O)C[C@@H]1CCCO1. The summed E-state index contributed by atoms with van der Waals surface area (Å²) in [7, 11) is 0. The lowest BCUT2D eigenvalue weighted by atomic mass is 10.0. The van der Waals surface area contributed by atoms with Crippen LogP contribution in [0.25, 0.3) is 10.9 Å². The van der Waals surface area contributed by atoms with Crippen molar-refractivity contribution in [1.29, 1.82) is 0 Å². The van der Waals surface area contributed by atoms with Gasteiger partial charge in [0.2, 0.25) is 0 Å². The van der Waals surface area contributed by atoms with E-state index in [9.17, 15) is 4.79 Å². The lowest BCUT2D eigenvalue weighted by Gasteiger charge is -2.33. The molecule has 1 aliphatic carbocycles. The Morgan fingerprint density at radius 3 is 2.69 bits per heavy atom. The molecule has 0 unspecified atom stereocenters. The Hall–Kier alpha value is -2.58. The molecule has 1 saturated carbocycles. The minimum atomic E-state index is -0.0243. The molecule has 2 atom stereocenters. The van der Waals surface area contributed by atoms with Gasteiger partial charge in [0, 0.05) is 30.8 Å². The Morgan fingerprint density at radius 1 is 1.14 bits per heavy atom. The number of nitrogens with zero attached hydrogens (tertiary/aromatic N) is 5. The Kier molecular flexibility index (Phi) is 7.29. The molecule has 0 amide bonds. The van der Waals surface area contributed by atoms with E-state index in [2.05, 4.69) is 69.1 Å². The molecule has 0 spiro atoms. The van der Waals surface area contributed by atoms with E-state index in [1.54, 1.807) is 0 Å². The number of hydrogen-bond acceptors (Lipinski definition) is 6. The summed E-state index contributed by atoms with van der Waals surface area (Å²) in [5, 5.41) is 14.1. The summed E-state index contributed by atoms with van der Waals surface area (Å²) in [5.41, 5.74) is 4.06. The van der Waals surface area contributed by atoms with Gasteiger partial charge in [-0.15, -0.1) is 5.10 Å². The van der Waals surface area contributed by atoms with E-state index in [-0.39, 0.29) is 17.7 Å². The molecule has 8 nitrogen and oxygen atoms in total. The number of aromatic amines is 1. The van der Waals surface area contributed by atoms with Gasteiger partial charge in [-0.05, 0) is 91.1 Å². The molecule has 8 heteroatoms. The Bertz CT molecular complexity index is 1210. The van der Waals surface area contributed by atoms with Crippen LogP contribution < -0.4 is 5.56 Å². The molecule has 2 fully saturated rings. The Labute approximate surface area is 207 Å². The maximum Gasteiger partial charge on any atom is 0.252 e. The molecule has 5 rings (SSSR count). The van der Waals surface area contributed by atoms with Crippen LogP contribution in [0.5, 0.6) is 0 Å². The van der Waals surface area contributed by atoms with Crippen LogP contribution in [-0.2, 0) is 11.3 Å². The molecule has 0 bridgehead atoms. The molecule has 1 N–H and O–H groups in total. The monoisotopic (exact) mass is 478 g/mol. The Balaban J connectivity index is 1.51. The number of ether oxygens (including phenoxy) is 1. The van der Waals surface area contributed by atoms with Gasteiger partial charge < -0.3 is 9.72 Å². The fraction of sp³-hybridized carbons (Fsp3) is 0.630. The molecular weight excluding hydrogens is 440 g/mol. The summed E-state index contributed by atoms with van der Waals surface area (Å²) >= 11 is 0. The molecule has 2 aromatic heterocycles. The first-order chi connectivity index (χ1) is 17.0. The van der Waals surface area contributed by atoms with Crippen molar-refractivity contribution in [3.05, 3.63) is 51.1 Å². The van der Waals surface area contributed by atoms with Gasteiger partial charge in [0.15, 0.2) is 5.82 Å². The topological polar surface area (TPSA) is 88.9 Å². The Morgan fingerprint density at radius 2 is 1.94 bits per heavy atom. The second-order valence-corrected chi connectivity index (χ2v) is 10.4. The average molecular weight is 479 g/mol. The molecule has 1 aliphatic heterocycles. The van der Waals surface area contributed by atoms with Crippen LogP contribution in [0.2, 0.25) is 0 Å². The molecule has 2 aliphatic rings. The van der Waals surface area contributed by atoms with Crippen LogP contribution in [0.3, 0.4) is 0 Å². The zero-order valence-electron chi connectivity index (χ0n) is 21.3. The van der Waals surface area contributed by atoms with Crippen molar-refractivity contribution >= 4 is 10.9 Å². The van der Waals surface area contributed by atoms with Gasteiger partial charge >= 0.3 is 0 Å². The van der Waals surface area contributed by atoms with Crippen LogP contribution in [-0.4, -0.2) is 49.3 Å². The number of rotatable bonds is 9. The van der Waals surface area contributed by atoms with Gasteiger partial charge in [-0.3, -0.25) is 9.69 Å². The van der Waals surface area contributed by atoms with Crippen molar-refractivity contribution in [1.82, 2.24) is 30.1 Å². The average Bonchev–Trinajstić information content (AvgIpc) is 3.61. The quantitative estimate of drug-likeness (QED) is 0.477.